The number of rotatable bonds is 11. The van der Waals surface area contributed by atoms with Crippen LogP contribution in [0.5, 0.6) is 0 Å². The van der Waals surface area contributed by atoms with Gasteiger partial charge in [0.25, 0.3) is 0 Å². The highest BCUT2D eigenvalue weighted by molar-refractivity contribution is 4.66. The highest BCUT2D eigenvalue weighted by Crippen LogP contribution is 2.05. The first kappa shape index (κ1) is 16.9. The molecule has 0 amide bonds. The van der Waals surface area contributed by atoms with Crippen LogP contribution in [0.3, 0.4) is 0 Å². The summed E-state index contributed by atoms with van der Waals surface area (Å²) in [6, 6.07) is 1.28. The Hall–Kier alpha value is -0.120. The average molecular weight is 244 g/mol. The summed E-state index contributed by atoms with van der Waals surface area (Å²) in [7, 11) is 1.78. The number of unbranched alkanes of at least 4 members (excludes halogenated alkanes) is 1. The van der Waals surface area contributed by atoms with Crippen molar-refractivity contribution in [3.8, 4) is 0 Å². The molecule has 104 valence electrons. The maximum atomic E-state index is 5.17. The molecule has 0 aromatic heterocycles. The molecule has 1 N–H and O–H groups in total. The first-order valence-electron chi connectivity index (χ1n) is 7.08. The van der Waals surface area contributed by atoms with Crippen LogP contribution in [0.1, 0.15) is 47.0 Å². The summed E-state index contributed by atoms with van der Waals surface area (Å²) in [4.78, 5) is 2.54. The van der Waals surface area contributed by atoms with Gasteiger partial charge >= 0.3 is 0 Å². The molecule has 0 saturated heterocycles. The lowest BCUT2D eigenvalue weighted by Crippen LogP contribution is -2.36. The molecule has 0 fully saturated rings. The van der Waals surface area contributed by atoms with Gasteiger partial charge in [-0.15, -0.1) is 0 Å². The summed E-state index contributed by atoms with van der Waals surface area (Å²) >= 11 is 0. The molecular weight excluding hydrogens is 212 g/mol. The molecule has 0 heterocycles. The number of hydrogen-bond donors (Lipinski definition) is 1. The topological polar surface area (TPSA) is 24.5 Å². The average Bonchev–Trinajstić information content (AvgIpc) is 2.31. The lowest BCUT2D eigenvalue weighted by Gasteiger charge is -2.28. The van der Waals surface area contributed by atoms with E-state index in [1.807, 2.05) is 0 Å². The predicted octanol–water partition coefficient (Wildman–Crippen LogP) is 2.51. The molecule has 0 saturated carbocycles. The quantitative estimate of drug-likeness (QED) is 0.565. The van der Waals surface area contributed by atoms with Crippen molar-refractivity contribution < 1.29 is 4.74 Å². The van der Waals surface area contributed by atoms with E-state index in [2.05, 4.69) is 37.9 Å². The number of ether oxygens (including phenoxy) is 1. The van der Waals surface area contributed by atoms with Gasteiger partial charge in [0, 0.05) is 25.7 Å². The number of nitrogens with zero attached hydrogens (tertiary/aromatic N) is 1. The van der Waals surface area contributed by atoms with Crippen LogP contribution in [0.15, 0.2) is 0 Å². The molecule has 1 unspecified atom stereocenters. The van der Waals surface area contributed by atoms with Crippen LogP contribution in [-0.2, 0) is 4.74 Å². The summed E-state index contributed by atoms with van der Waals surface area (Å²) < 4.78 is 5.17. The molecule has 0 bridgehead atoms. The van der Waals surface area contributed by atoms with Gasteiger partial charge in [-0.05, 0) is 39.3 Å². The summed E-state index contributed by atoms with van der Waals surface area (Å²) in [6.07, 6.45) is 3.75. The fourth-order valence-corrected chi connectivity index (χ4v) is 1.85. The van der Waals surface area contributed by atoms with E-state index < -0.39 is 0 Å². The van der Waals surface area contributed by atoms with Crippen molar-refractivity contribution in [2.45, 2.75) is 59.0 Å². The number of hydrogen-bond acceptors (Lipinski definition) is 3. The Balaban J connectivity index is 3.67. The van der Waals surface area contributed by atoms with Crippen LogP contribution in [0.25, 0.3) is 0 Å². The van der Waals surface area contributed by atoms with E-state index in [9.17, 15) is 0 Å². The maximum absolute atomic E-state index is 5.17. The summed E-state index contributed by atoms with van der Waals surface area (Å²) in [5.41, 5.74) is 0. The van der Waals surface area contributed by atoms with Gasteiger partial charge in [0.15, 0.2) is 0 Å². The largest absolute Gasteiger partial charge is 0.383 e. The lowest BCUT2D eigenvalue weighted by atomic mass is 10.2. The van der Waals surface area contributed by atoms with Crippen LogP contribution in [0.2, 0.25) is 0 Å². The lowest BCUT2D eigenvalue weighted by molar-refractivity contribution is 0.121. The third-order valence-electron chi connectivity index (χ3n) is 3.22. The maximum Gasteiger partial charge on any atom is 0.0589 e. The SMILES string of the molecule is CCC(C)N(CCCCNC(C)C)CCOC. The van der Waals surface area contributed by atoms with Crippen molar-refractivity contribution in [2.75, 3.05) is 33.4 Å². The second kappa shape index (κ2) is 11.0. The second-order valence-electron chi connectivity index (χ2n) is 5.10. The molecule has 0 radical (unpaired) electrons. The Morgan fingerprint density at radius 3 is 2.35 bits per heavy atom. The molecule has 0 aliphatic heterocycles. The first-order chi connectivity index (χ1) is 8.11. The van der Waals surface area contributed by atoms with Crippen molar-refractivity contribution in [1.29, 1.82) is 0 Å². The molecule has 0 spiro atoms. The van der Waals surface area contributed by atoms with Gasteiger partial charge in [-0.1, -0.05) is 20.8 Å². The Labute approximate surface area is 108 Å². The minimum atomic E-state index is 0.606. The highest BCUT2D eigenvalue weighted by Gasteiger charge is 2.10. The summed E-state index contributed by atoms with van der Waals surface area (Å²) in [5.74, 6) is 0. The smallest absolute Gasteiger partial charge is 0.0589 e. The standard InChI is InChI=1S/C14H32N2O/c1-6-14(4)16(11-12-17-5)10-8-7-9-15-13(2)3/h13-15H,6-12H2,1-5H3. The summed E-state index contributed by atoms with van der Waals surface area (Å²) in [6.45, 7) is 13.2. The first-order valence-corrected chi connectivity index (χ1v) is 7.08. The van der Waals surface area contributed by atoms with Gasteiger partial charge in [0.1, 0.15) is 0 Å². The van der Waals surface area contributed by atoms with Gasteiger partial charge in [-0.25, -0.2) is 0 Å². The van der Waals surface area contributed by atoms with Crippen LogP contribution in [0.4, 0.5) is 0 Å². The Bertz CT molecular complexity index is 162. The highest BCUT2D eigenvalue weighted by atomic mass is 16.5. The van der Waals surface area contributed by atoms with Crippen molar-refractivity contribution in [3.63, 3.8) is 0 Å². The van der Waals surface area contributed by atoms with E-state index in [4.69, 9.17) is 4.74 Å². The van der Waals surface area contributed by atoms with Crippen LogP contribution in [0, 0.1) is 0 Å². The molecule has 17 heavy (non-hydrogen) atoms. The van der Waals surface area contributed by atoms with Crippen molar-refractivity contribution in [2.24, 2.45) is 0 Å². The van der Waals surface area contributed by atoms with Gasteiger partial charge in [0.2, 0.25) is 0 Å². The second-order valence-corrected chi connectivity index (χ2v) is 5.10. The van der Waals surface area contributed by atoms with Crippen LogP contribution < -0.4 is 5.32 Å². The molecule has 0 aromatic carbocycles. The monoisotopic (exact) mass is 244 g/mol. The van der Waals surface area contributed by atoms with Crippen molar-refractivity contribution in [3.05, 3.63) is 0 Å². The summed E-state index contributed by atoms with van der Waals surface area (Å²) in [5, 5.41) is 3.46. The van der Waals surface area contributed by atoms with Crippen molar-refractivity contribution in [1.82, 2.24) is 10.2 Å². The molecule has 1 atom stereocenters. The fourth-order valence-electron chi connectivity index (χ4n) is 1.85. The van der Waals surface area contributed by atoms with Gasteiger partial charge < -0.3 is 10.1 Å². The molecule has 0 aliphatic rings. The Morgan fingerprint density at radius 1 is 1.12 bits per heavy atom. The zero-order valence-electron chi connectivity index (χ0n) is 12.5. The van der Waals surface area contributed by atoms with Crippen LogP contribution in [-0.4, -0.2) is 50.3 Å². The minimum absolute atomic E-state index is 0.606. The molecule has 3 nitrogen and oxygen atoms in total. The zero-order valence-corrected chi connectivity index (χ0v) is 12.5. The normalized spacial score (nSPS) is 13.6. The number of nitrogens with one attached hydrogen (secondary N) is 1. The van der Waals surface area contributed by atoms with Gasteiger partial charge in [-0.2, -0.15) is 0 Å². The van der Waals surface area contributed by atoms with E-state index in [-0.39, 0.29) is 0 Å². The van der Waals surface area contributed by atoms with E-state index in [0.29, 0.717) is 12.1 Å². The van der Waals surface area contributed by atoms with Crippen molar-refractivity contribution >= 4 is 0 Å². The minimum Gasteiger partial charge on any atom is -0.383 e. The molecule has 0 aliphatic carbocycles. The van der Waals surface area contributed by atoms with Gasteiger partial charge in [0.05, 0.1) is 6.61 Å². The Kier molecular flexibility index (Phi) is 10.9. The zero-order chi connectivity index (χ0) is 13.1. The Morgan fingerprint density at radius 2 is 1.82 bits per heavy atom. The van der Waals surface area contributed by atoms with Gasteiger partial charge in [-0.3, -0.25) is 4.90 Å². The molecule has 0 aromatic rings. The van der Waals surface area contributed by atoms with E-state index >= 15 is 0 Å². The van der Waals surface area contributed by atoms with Crippen LogP contribution >= 0.6 is 0 Å². The molecule has 0 rings (SSSR count). The third-order valence-corrected chi connectivity index (χ3v) is 3.22. The predicted molar refractivity (Wildman–Crippen MR) is 75.6 cm³/mol. The fraction of sp³-hybridized carbons (Fsp3) is 1.00. The number of methoxy groups -OCH3 is 1. The molecular formula is C14H32N2O. The molecule has 3 heteroatoms. The van der Waals surface area contributed by atoms with E-state index in [0.717, 1.165) is 19.7 Å². The third kappa shape index (κ3) is 9.57. The van der Waals surface area contributed by atoms with E-state index in [1.165, 1.54) is 25.8 Å². The van der Waals surface area contributed by atoms with E-state index in [1.54, 1.807) is 7.11 Å².